The van der Waals surface area contributed by atoms with Gasteiger partial charge >= 0.3 is 5.97 Å². The van der Waals surface area contributed by atoms with Gasteiger partial charge in [0.15, 0.2) is 0 Å². The summed E-state index contributed by atoms with van der Waals surface area (Å²) >= 11 is 0.894. The minimum atomic E-state index is -0.617. The monoisotopic (exact) mass is 492 g/mol. The average Bonchev–Trinajstić information content (AvgIpc) is 3.46. The van der Waals surface area contributed by atoms with Crippen molar-refractivity contribution < 1.29 is 23.5 Å². The number of esters is 1. The first kappa shape index (κ1) is 24.6. The Labute approximate surface area is 208 Å². The quantitative estimate of drug-likeness (QED) is 0.321. The maximum atomic E-state index is 13.0. The van der Waals surface area contributed by atoms with E-state index in [1.54, 1.807) is 12.1 Å². The molecule has 1 aliphatic heterocycles. The summed E-state index contributed by atoms with van der Waals surface area (Å²) in [5, 5.41) is -0.385. The van der Waals surface area contributed by atoms with Gasteiger partial charge in [0.25, 0.3) is 11.1 Å². The Kier molecular flexibility index (Phi) is 6.51. The van der Waals surface area contributed by atoms with E-state index in [1.807, 2.05) is 19.9 Å². The molecule has 1 saturated heterocycles. The molecule has 3 aromatic rings. The Morgan fingerprint density at radius 2 is 1.77 bits per heavy atom. The van der Waals surface area contributed by atoms with Gasteiger partial charge in [-0.2, -0.15) is 0 Å². The summed E-state index contributed by atoms with van der Waals surface area (Å²) < 4.78 is 12.2. The molecule has 0 radical (unpaired) electrons. The number of nitrogens with zero attached hydrogens (tertiary/aromatic N) is 2. The number of rotatable bonds is 5. The number of carbonyl (C=O) groups excluding carboxylic acids is 3. The molecule has 1 aliphatic rings. The molecule has 8 heteroatoms. The number of aromatic nitrogens is 1. The molecule has 2 aromatic heterocycles. The van der Waals surface area contributed by atoms with Crippen molar-refractivity contribution in [3.05, 3.63) is 81.4 Å². The molecule has 0 unspecified atom stereocenters. The second-order valence-electron chi connectivity index (χ2n) is 9.48. The number of thioether (sulfide) groups is 1. The van der Waals surface area contributed by atoms with Crippen molar-refractivity contribution in [3.63, 3.8) is 0 Å². The number of ether oxygens (including phenoxy) is 1. The Morgan fingerprint density at radius 3 is 2.40 bits per heavy atom. The van der Waals surface area contributed by atoms with Gasteiger partial charge in [0.05, 0.1) is 18.6 Å². The zero-order valence-electron chi connectivity index (χ0n) is 20.7. The number of carbonyl (C=O) groups is 3. The highest BCUT2D eigenvalue weighted by molar-refractivity contribution is 8.18. The molecule has 7 nitrogen and oxygen atoms in total. The van der Waals surface area contributed by atoms with Crippen molar-refractivity contribution in [1.82, 2.24) is 9.47 Å². The Morgan fingerprint density at radius 1 is 1.09 bits per heavy atom. The van der Waals surface area contributed by atoms with Crippen LogP contribution in [0.2, 0.25) is 0 Å². The highest BCUT2D eigenvalue weighted by Crippen LogP contribution is 2.35. The van der Waals surface area contributed by atoms with Gasteiger partial charge in [0, 0.05) is 17.1 Å². The second-order valence-corrected chi connectivity index (χ2v) is 10.5. The van der Waals surface area contributed by atoms with E-state index in [2.05, 4.69) is 54.3 Å². The van der Waals surface area contributed by atoms with Crippen LogP contribution in [0.25, 0.3) is 11.8 Å². The average molecular weight is 493 g/mol. The van der Waals surface area contributed by atoms with Crippen molar-refractivity contribution in [3.8, 4) is 5.69 Å². The highest BCUT2D eigenvalue weighted by atomic mass is 32.2. The smallest absolute Gasteiger partial charge is 0.373 e. The minimum absolute atomic E-state index is 0.0213. The summed E-state index contributed by atoms with van der Waals surface area (Å²) in [4.78, 5) is 38.6. The Hall–Kier alpha value is -3.52. The summed E-state index contributed by atoms with van der Waals surface area (Å²) in [6.45, 7) is 10.5. The molecule has 2 amide bonds. The first-order chi connectivity index (χ1) is 16.5. The van der Waals surface area contributed by atoms with Crippen molar-refractivity contribution in [2.24, 2.45) is 0 Å². The van der Waals surface area contributed by atoms with Gasteiger partial charge < -0.3 is 13.7 Å². The molecule has 35 heavy (non-hydrogen) atoms. The molecule has 0 bridgehead atoms. The number of benzene rings is 1. The number of amides is 2. The third kappa shape index (κ3) is 4.84. The lowest BCUT2D eigenvalue weighted by Gasteiger charge is -2.20. The zero-order chi connectivity index (χ0) is 25.5. The standard InChI is InChI=1S/C27H28N2O5S/c1-16-13-18(17(2)29(16)20-9-7-19(8-10-20)27(3,4)5)14-23-24(30)28(26(32)35-23)15-21-11-12-22(34-21)25(31)33-6/h7-14H,15H2,1-6H3. The Bertz CT molecular complexity index is 1340. The van der Waals surface area contributed by atoms with E-state index in [1.165, 1.54) is 18.7 Å². The van der Waals surface area contributed by atoms with E-state index < -0.39 is 11.9 Å². The zero-order valence-corrected chi connectivity index (χ0v) is 21.5. The predicted molar refractivity (Wildman–Crippen MR) is 136 cm³/mol. The van der Waals surface area contributed by atoms with Gasteiger partial charge in [-0.3, -0.25) is 14.5 Å². The summed E-state index contributed by atoms with van der Waals surface area (Å²) in [7, 11) is 1.25. The first-order valence-electron chi connectivity index (χ1n) is 11.2. The lowest BCUT2D eigenvalue weighted by atomic mass is 9.87. The van der Waals surface area contributed by atoms with Crippen LogP contribution in [0, 0.1) is 13.8 Å². The number of imide groups is 1. The van der Waals surface area contributed by atoms with Crippen molar-refractivity contribution in [1.29, 1.82) is 0 Å². The van der Waals surface area contributed by atoms with Crippen LogP contribution in [0.1, 0.15) is 59.6 Å². The molecule has 4 rings (SSSR count). The van der Waals surface area contributed by atoms with Crippen LogP contribution in [0.3, 0.4) is 0 Å². The van der Waals surface area contributed by atoms with E-state index in [4.69, 9.17) is 4.42 Å². The first-order valence-corrected chi connectivity index (χ1v) is 12.0. The maximum Gasteiger partial charge on any atom is 0.373 e. The molecule has 0 N–H and O–H groups in total. The van der Waals surface area contributed by atoms with E-state index >= 15 is 0 Å². The Balaban J connectivity index is 1.57. The van der Waals surface area contributed by atoms with Crippen LogP contribution in [0.4, 0.5) is 4.79 Å². The van der Waals surface area contributed by atoms with E-state index in [0.717, 1.165) is 39.3 Å². The molecule has 3 heterocycles. The fourth-order valence-electron chi connectivity index (χ4n) is 4.05. The number of hydrogen-bond donors (Lipinski definition) is 0. The fraction of sp³-hybridized carbons (Fsp3) is 0.296. The summed E-state index contributed by atoms with van der Waals surface area (Å²) in [5.74, 6) is -0.664. The molecule has 1 aromatic carbocycles. The summed E-state index contributed by atoms with van der Waals surface area (Å²) in [6.07, 6.45) is 1.76. The molecule has 0 atom stereocenters. The van der Waals surface area contributed by atoms with E-state index in [9.17, 15) is 14.4 Å². The molecular formula is C27H28N2O5S. The van der Waals surface area contributed by atoms with Crippen LogP contribution in [0.15, 0.2) is 51.8 Å². The van der Waals surface area contributed by atoms with Crippen molar-refractivity contribution in [2.45, 2.75) is 46.6 Å². The van der Waals surface area contributed by atoms with Gasteiger partial charge in [-0.1, -0.05) is 32.9 Å². The number of furan rings is 1. The lowest BCUT2D eigenvalue weighted by Crippen LogP contribution is -2.27. The molecule has 0 spiro atoms. The fourth-order valence-corrected chi connectivity index (χ4v) is 4.88. The number of hydrogen-bond acceptors (Lipinski definition) is 6. The van der Waals surface area contributed by atoms with Gasteiger partial charge in [-0.15, -0.1) is 0 Å². The van der Waals surface area contributed by atoms with Crippen LogP contribution in [0.5, 0.6) is 0 Å². The van der Waals surface area contributed by atoms with Crippen LogP contribution in [-0.2, 0) is 21.5 Å². The third-order valence-electron chi connectivity index (χ3n) is 5.98. The predicted octanol–water partition coefficient (Wildman–Crippen LogP) is 6.01. The molecule has 182 valence electrons. The van der Waals surface area contributed by atoms with Gasteiger partial charge in [-0.05, 0) is 78.6 Å². The molecule has 0 saturated carbocycles. The van der Waals surface area contributed by atoms with E-state index in [-0.39, 0.29) is 23.0 Å². The molecule has 1 fully saturated rings. The van der Waals surface area contributed by atoms with Crippen molar-refractivity contribution >= 4 is 35.0 Å². The topological polar surface area (TPSA) is 81.8 Å². The third-order valence-corrected chi connectivity index (χ3v) is 6.89. The van der Waals surface area contributed by atoms with Crippen LogP contribution < -0.4 is 0 Å². The van der Waals surface area contributed by atoms with Gasteiger partial charge in [-0.25, -0.2) is 4.79 Å². The van der Waals surface area contributed by atoms with Gasteiger partial charge in [0.2, 0.25) is 5.76 Å². The normalized spacial score (nSPS) is 15.4. The largest absolute Gasteiger partial charge is 0.463 e. The SMILES string of the molecule is COC(=O)c1ccc(CN2C(=O)SC(=Cc3cc(C)n(-c4ccc(C(C)(C)C)cc4)c3C)C2=O)o1. The van der Waals surface area contributed by atoms with E-state index in [0.29, 0.717) is 10.7 Å². The minimum Gasteiger partial charge on any atom is -0.463 e. The van der Waals surface area contributed by atoms with Gasteiger partial charge in [0.1, 0.15) is 5.76 Å². The summed E-state index contributed by atoms with van der Waals surface area (Å²) in [5.41, 5.74) is 5.25. The van der Waals surface area contributed by atoms with Crippen LogP contribution >= 0.6 is 11.8 Å². The molecular weight excluding hydrogens is 464 g/mol. The van der Waals surface area contributed by atoms with Crippen molar-refractivity contribution in [2.75, 3.05) is 7.11 Å². The number of aryl methyl sites for hydroxylation is 1. The highest BCUT2D eigenvalue weighted by Gasteiger charge is 2.36. The maximum absolute atomic E-state index is 13.0. The molecule has 0 aliphatic carbocycles. The lowest BCUT2D eigenvalue weighted by molar-refractivity contribution is -0.123. The van der Waals surface area contributed by atoms with Crippen LogP contribution in [-0.4, -0.2) is 33.7 Å². The number of methoxy groups -OCH3 is 1. The second kappa shape index (κ2) is 9.26. The summed E-state index contributed by atoms with van der Waals surface area (Å²) in [6, 6.07) is 13.5.